The average molecular weight is 389 g/mol. The Morgan fingerprint density at radius 3 is 2.57 bits per heavy atom. The number of alkyl halides is 2. The number of ether oxygens (including phenoxy) is 3. The van der Waals surface area contributed by atoms with E-state index in [4.69, 9.17) is 9.47 Å². The number of hydrogen-bond acceptors (Lipinski definition) is 5. The van der Waals surface area contributed by atoms with E-state index < -0.39 is 18.7 Å². The van der Waals surface area contributed by atoms with Gasteiger partial charge in [0.15, 0.2) is 0 Å². The zero-order valence-electron chi connectivity index (χ0n) is 14.9. The number of para-hydroxylation sites is 2. The maximum atomic E-state index is 12.7. The first-order valence-electron chi connectivity index (χ1n) is 8.36. The van der Waals surface area contributed by atoms with Crippen LogP contribution in [0.4, 0.5) is 14.5 Å². The molecule has 0 aliphatic carbocycles. The summed E-state index contributed by atoms with van der Waals surface area (Å²) < 4.78 is 39.0. The van der Waals surface area contributed by atoms with E-state index in [-0.39, 0.29) is 18.2 Å². The van der Waals surface area contributed by atoms with E-state index in [1.165, 1.54) is 30.2 Å². The van der Waals surface area contributed by atoms with Gasteiger partial charge in [0.1, 0.15) is 11.5 Å². The number of anilines is 1. The van der Waals surface area contributed by atoms with Gasteiger partial charge in [-0.2, -0.15) is 8.78 Å². The Kier molecular flexibility index (Phi) is 5.88. The van der Waals surface area contributed by atoms with Gasteiger partial charge in [-0.15, -0.1) is 0 Å². The number of hydrogen-bond donors (Lipinski definition) is 0. The molecule has 0 bridgehead atoms. The number of amides is 1. The highest BCUT2D eigenvalue weighted by atomic mass is 19.3. The third-order valence-corrected chi connectivity index (χ3v) is 4.03. The fraction of sp³-hybridized carbons (Fsp3) is 0.200. The summed E-state index contributed by atoms with van der Waals surface area (Å²) in [6.45, 7) is -2.89. The molecule has 1 heterocycles. The van der Waals surface area contributed by atoms with E-state index in [1.54, 1.807) is 42.5 Å². The van der Waals surface area contributed by atoms with E-state index in [0.717, 1.165) is 0 Å². The Balaban J connectivity index is 1.77. The lowest BCUT2D eigenvalue weighted by atomic mass is 10.1. The summed E-state index contributed by atoms with van der Waals surface area (Å²) in [7, 11) is 1.25. The van der Waals surface area contributed by atoms with Crippen molar-refractivity contribution in [3.05, 3.63) is 60.2 Å². The number of benzene rings is 2. The van der Waals surface area contributed by atoms with Crippen LogP contribution in [-0.2, 0) is 14.3 Å². The molecule has 6 nitrogen and oxygen atoms in total. The quantitative estimate of drug-likeness (QED) is 0.580. The molecule has 1 aliphatic heterocycles. The molecule has 28 heavy (non-hydrogen) atoms. The van der Waals surface area contributed by atoms with Crippen LogP contribution in [0.5, 0.6) is 11.5 Å². The number of esters is 1. The lowest BCUT2D eigenvalue weighted by Gasteiger charge is -2.32. The number of methoxy groups -OCH3 is 1. The maximum Gasteiger partial charge on any atom is 0.387 e. The van der Waals surface area contributed by atoms with Crippen molar-refractivity contribution in [2.24, 2.45) is 0 Å². The Bertz CT molecular complexity index is 882. The molecule has 2 aromatic rings. The molecule has 146 valence electrons. The first-order chi connectivity index (χ1) is 13.5. The topological polar surface area (TPSA) is 65.1 Å². The van der Waals surface area contributed by atoms with Crippen LogP contribution < -0.4 is 14.4 Å². The Hall–Kier alpha value is -3.42. The van der Waals surface area contributed by atoms with Gasteiger partial charge in [0.2, 0.25) is 6.10 Å². The first kappa shape index (κ1) is 19.3. The van der Waals surface area contributed by atoms with Crippen LogP contribution in [-0.4, -0.2) is 38.2 Å². The van der Waals surface area contributed by atoms with Gasteiger partial charge in [0, 0.05) is 6.08 Å². The van der Waals surface area contributed by atoms with Crippen LogP contribution in [0.25, 0.3) is 6.08 Å². The van der Waals surface area contributed by atoms with Crippen molar-refractivity contribution < 1.29 is 32.6 Å². The van der Waals surface area contributed by atoms with Crippen molar-refractivity contribution in [3.63, 3.8) is 0 Å². The third kappa shape index (κ3) is 4.46. The molecule has 0 radical (unpaired) electrons. The van der Waals surface area contributed by atoms with Crippen LogP contribution in [0.1, 0.15) is 5.56 Å². The molecule has 0 saturated carbocycles. The molecule has 0 fully saturated rings. The van der Waals surface area contributed by atoms with E-state index in [2.05, 4.69) is 4.74 Å². The van der Waals surface area contributed by atoms with E-state index in [0.29, 0.717) is 17.0 Å². The first-order valence-corrected chi connectivity index (χ1v) is 8.36. The normalized spacial score (nSPS) is 15.9. The monoisotopic (exact) mass is 389 g/mol. The lowest BCUT2D eigenvalue weighted by molar-refractivity contribution is -0.148. The highest BCUT2D eigenvalue weighted by Crippen LogP contribution is 2.33. The van der Waals surface area contributed by atoms with Crippen LogP contribution in [0, 0.1) is 0 Å². The van der Waals surface area contributed by atoms with Crippen molar-refractivity contribution in [3.8, 4) is 11.5 Å². The Morgan fingerprint density at radius 1 is 1.18 bits per heavy atom. The fourth-order valence-corrected chi connectivity index (χ4v) is 2.72. The predicted molar refractivity (Wildman–Crippen MR) is 97.3 cm³/mol. The third-order valence-electron chi connectivity index (χ3n) is 4.03. The number of carbonyl (C=O) groups excluding carboxylic acids is 2. The molecule has 1 amide bonds. The second-order valence-electron chi connectivity index (χ2n) is 5.83. The predicted octanol–water partition coefficient (Wildman–Crippen LogP) is 3.27. The van der Waals surface area contributed by atoms with Gasteiger partial charge in [-0.05, 0) is 35.9 Å². The molecule has 0 aromatic heterocycles. The summed E-state index contributed by atoms with van der Waals surface area (Å²) in [5, 5.41) is 0. The van der Waals surface area contributed by atoms with Crippen LogP contribution >= 0.6 is 0 Å². The highest BCUT2D eigenvalue weighted by molar-refractivity contribution is 6.05. The smallest absolute Gasteiger partial charge is 0.387 e. The SMILES string of the molecule is COC(=O)C1CN(C(=O)/C=C/c2ccc(OC(F)F)cc2)c2ccccc2O1. The van der Waals surface area contributed by atoms with E-state index in [1.807, 2.05) is 0 Å². The van der Waals surface area contributed by atoms with Gasteiger partial charge in [-0.3, -0.25) is 4.79 Å². The fourth-order valence-electron chi connectivity index (χ4n) is 2.72. The molecule has 1 atom stereocenters. The van der Waals surface area contributed by atoms with Gasteiger partial charge in [-0.1, -0.05) is 24.3 Å². The molecule has 2 aromatic carbocycles. The summed E-state index contributed by atoms with van der Waals surface area (Å²) in [5.41, 5.74) is 1.17. The van der Waals surface area contributed by atoms with Gasteiger partial charge in [-0.25, -0.2) is 4.79 Å². The summed E-state index contributed by atoms with van der Waals surface area (Å²) in [5.74, 6) is -0.510. The molecular formula is C20H17F2NO5. The lowest BCUT2D eigenvalue weighted by Crippen LogP contribution is -2.47. The summed E-state index contributed by atoms with van der Waals surface area (Å²) in [4.78, 5) is 26.0. The molecule has 1 unspecified atom stereocenters. The summed E-state index contributed by atoms with van der Waals surface area (Å²) >= 11 is 0. The van der Waals surface area contributed by atoms with Crippen molar-refractivity contribution in [1.29, 1.82) is 0 Å². The standard InChI is InChI=1S/C20H17F2NO5/c1-26-19(25)17-12-23(15-4-2-3-5-16(15)28-17)18(24)11-8-13-6-9-14(10-7-13)27-20(21)22/h2-11,17,20H,12H2,1H3/b11-8+. The second-order valence-corrected chi connectivity index (χ2v) is 5.83. The molecule has 0 spiro atoms. The zero-order chi connectivity index (χ0) is 20.1. The number of halogens is 2. The minimum absolute atomic E-state index is 0.00796. The van der Waals surface area contributed by atoms with Crippen molar-refractivity contribution in [2.75, 3.05) is 18.6 Å². The number of nitrogens with zero attached hydrogens (tertiary/aromatic N) is 1. The number of rotatable bonds is 5. The molecule has 1 aliphatic rings. The minimum Gasteiger partial charge on any atom is -0.475 e. The number of fused-ring (bicyclic) bond motifs is 1. The summed E-state index contributed by atoms with van der Waals surface area (Å²) in [6.07, 6.45) is 1.95. The van der Waals surface area contributed by atoms with Crippen molar-refractivity contribution >= 4 is 23.6 Å². The van der Waals surface area contributed by atoms with Crippen LogP contribution in [0.15, 0.2) is 54.6 Å². The largest absolute Gasteiger partial charge is 0.475 e. The Labute approximate surface area is 159 Å². The average Bonchev–Trinajstić information content (AvgIpc) is 2.71. The highest BCUT2D eigenvalue weighted by Gasteiger charge is 2.33. The van der Waals surface area contributed by atoms with Crippen molar-refractivity contribution in [1.82, 2.24) is 0 Å². The minimum atomic E-state index is -2.90. The van der Waals surface area contributed by atoms with Gasteiger partial charge in [0.25, 0.3) is 5.91 Å². The number of carbonyl (C=O) groups is 2. The van der Waals surface area contributed by atoms with Gasteiger partial charge >= 0.3 is 12.6 Å². The second kappa shape index (κ2) is 8.51. The maximum absolute atomic E-state index is 12.7. The molecule has 8 heteroatoms. The van der Waals surface area contributed by atoms with Gasteiger partial charge in [0.05, 0.1) is 19.3 Å². The Morgan fingerprint density at radius 2 is 1.89 bits per heavy atom. The molecule has 3 rings (SSSR count). The molecule has 0 saturated heterocycles. The van der Waals surface area contributed by atoms with E-state index in [9.17, 15) is 18.4 Å². The van der Waals surface area contributed by atoms with Gasteiger partial charge < -0.3 is 19.1 Å². The zero-order valence-corrected chi connectivity index (χ0v) is 14.9. The molecular weight excluding hydrogens is 372 g/mol. The van der Waals surface area contributed by atoms with Crippen molar-refractivity contribution in [2.45, 2.75) is 12.7 Å². The molecule has 0 N–H and O–H groups in total. The van der Waals surface area contributed by atoms with Crippen LogP contribution in [0.3, 0.4) is 0 Å². The van der Waals surface area contributed by atoms with Crippen LogP contribution in [0.2, 0.25) is 0 Å². The summed E-state index contributed by atoms with van der Waals surface area (Å²) in [6, 6.07) is 12.7. The van der Waals surface area contributed by atoms with E-state index >= 15 is 0 Å².